The van der Waals surface area contributed by atoms with E-state index in [0.29, 0.717) is 11.8 Å². The number of hydrogen-bond acceptors (Lipinski definition) is 3. The number of amides is 1. The fourth-order valence-corrected chi connectivity index (χ4v) is 4.21. The van der Waals surface area contributed by atoms with E-state index < -0.39 is 0 Å². The molecule has 18 heavy (non-hydrogen) atoms. The molecule has 2 rings (SSSR count). The fraction of sp³-hybridized carbons (Fsp3) is 0.692. The quantitative estimate of drug-likeness (QED) is 0.859. The number of thiazole rings is 1. The molecule has 1 fully saturated rings. The van der Waals surface area contributed by atoms with Crippen LogP contribution in [0.25, 0.3) is 0 Å². The Bertz CT molecular complexity index is 421. The third kappa shape index (κ3) is 3.32. The van der Waals surface area contributed by atoms with Crippen molar-refractivity contribution in [1.29, 1.82) is 0 Å². The maximum atomic E-state index is 11.3. The van der Waals surface area contributed by atoms with Gasteiger partial charge in [-0.3, -0.25) is 4.79 Å². The van der Waals surface area contributed by atoms with Crippen LogP contribution >= 0.6 is 27.3 Å². The van der Waals surface area contributed by atoms with Gasteiger partial charge in [-0.05, 0) is 47.5 Å². The van der Waals surface area contributed by atoms with E-state index in [1.807, 2.05) is 5.38 Å². The van der Waals surface area contributed by atoms with Crippen LogP contribution < -0.4 is 5.73 Å². The molecular formula is C13H19BrN2OS. The molecule has 1 amide bonds. The van der Waals surface area contributed by atoms with Gasteiger partial charge in [-0.25, -0.2) is 4.98 Å². The molecular weight excluding hydrogens is 312 g/mol. The number of carbonyl (C=O) groups excluding carboxylic acids is 1. The van der Waals surface area contributed by atoms with Crippen LogP contribution in [0, 0.1) is 11.8 Å². The van der Waals surface area contributed by atoms with Crippen molar-refractivity contribution in [2.45, 2.75) is 44.9 Å². The first-order chi connectivity index (χ1) is 8.58. The molecule has 0 aromatic carbocycles. The monoisotopic (exact) mass is 330 g/mol. The highest BCUT2D eigenvalue weighted by molar-refractivity contribution is 9.10. The van der Waals surface area contributed by atoms with Crippen molar-refractivity contribution in [1.82, 2.24) is 4.98 Å². The van der Waals surface area contributed by atoms with E-state index in [1.54, 1.807) is 11.3 Å². The van der Waals surface area contributed by atoms with Crippen molar-refractivity contribution in [3.63, 3.8) is 0 Å². The first-order valence-corrected chi connectivity index (χ1v) is 8.15. The molecule has 1 aromatic heterocycles. The Morgan fingerprint density at radius 2 is 2.28 bits per heavy atom. The molecule has 3 nitrogen and oxygen atoms in total. The molecule has 1 aliphatic rings. The standard InChI is InChI=1S/C13H19BrN2OS/c1-8(13-16-11(14)7-18-13)9-3-2-4-10(6-5-9)12(15)17/h7-10H,2-6H2,1H3,(H2,15,17). The Kier molecular flexibility index (Phi) is 4.78. The highest BCUT2D eigenvalue weighted by atomic mass is 79.9. The Morgan fingerprint density at radius 3 is 2.89 bits per heavy atom. The second-order valence-electron chi connectivity index (χ2n) is 5.16. The normalized spacial score (nSPS) is 26.6. The first kappa shape index (κ1) is 14.0. The summed E-state index contributed by atoms with van der Waals surface area (Å²) in [6, 6.07) is 0. The summed E-state index contributed by atoms with van der Waals surface area (Å²) in [5.41, 5.74) is 5.42. The Morgan fingerprint density at radius 1 is 1.50 bits per heavy atom. The fourth-order valence-electron chi connectivity index (χ4n) is 2.79. The number of halogens is 1. The van der Waals surface area contributed by atoms with E-state index in [1.165, 1.54) is 11.4 Å². The molecule has 1 aromatic rings. The van der Waals surface area contributed by atoms with E-state index in [9.17, 15) is 4.79 Å². The van der Waals surface area contributed by atoms with Crippen molar-refractivity contribution in [3.05, 3.63) is 15.0 Å². The molecule has 100 valence electrons. The Balaban J connectivity index is 1.99. The summed E-state index contributed by atoms with van der Waals surface area (Å²) in [6.07, 6.45) is 5.28. The van der Waals surface area contributed by atoms with E-state index in [2.05, 4.69) is 27.8 Å². The van der Waals surface area contributed by atoms with Crippen LogP contribution in [0.5, 0.6) is 0 Å². The van der Waals surface area contributed by atoms with Crippen LogP contribution in [0.3, 0.4) is 0 Å². The number of primary amides is 1. The SMILES string of the molecule is CC(c1nc(Br)cs1)C1CCCC(C(N)=O)CC1. The molecule has 3 atom stereocenters. The smallest absolute Gasteiger partial charge is 0.220 e. The van der Waals surface area contributed by atoms with Crippen molar-refractivity contribution < 1.29 is 4.79 Å². The summed E-state index contributed by atoms with van der Waals surface area (Å²) in [5, 5.41) is 3.23. The number of aromatic nitrogens is 1. The Hall–Kier alpha value is -0.420. The molecule has 0 radical (unpaired) electrons. The van der Waals surface area contributed by atoms with Gasteiger partial charge in [0.05, 0.1) is 5.01 Å². The summed E-state index contributed by atoms with van der Waals surface area (Å²) >= 11 is 5.12. The summed E-state index contributed by atoms with van der Waals surface area (Å²) in [7, 11) is 0. The first-order valence-electron chi connectivity index (χ1n) is 6.48. The minimum absolute atomic E-state index is 0.0882. The number of rotatable bonds is 3. The zero-order valence-electron chi connectivity index (χ0n) is 10.6. The maximum Gasteiger partial charge on any atom is 0.220 e. The maximum absolute atomic E-state index is 11.3. The summed E-state index contributed by atoms with van der Waals surface area (Å²) in [5.74, 6) is 1.07. The molecule has 0 bridgehead atoms. The molecule has 1 saturated carbocycles. The lowest BCUT2D eigenvalue weighted by Crippen LogP contribution is -2.22. The molecule has 5 heteroatoms. The van der Waals surface area contributed by atoms with Crippen molar-refractivity contribution in [2.24, 2.45) is 17.6 Å². The number of hydrogen-bond donors (Lipinski definition) is 1. The molecule has 1 aliphatic carbocycles. The van der Waals surface area contributed by atoms with Crippen LogP contribution in [-0.4, -0.2) is 10.9 Å². The third-order valence-electron chi connectivity index (χ3n) is 4.01. The third-order valence-corrected chi connectivity index (χ3v) is 5.76. The zero-order valence-corrected chi connectivity index (χ0v) is 13.0. The number of nitrogens with zero attached hydrogens (tertiary/aromatic N) is 1. The van der Waals surface area contributed by atoms with Gasteiger partial charge in [0.1, 0.15) is 4.60 Å². The van der Waals surface area contributed by atoms with Gasteiger partial charge in [-0.15, -0.1) is 11.3 Å². The van der Waals surface area contributed by atoms with E-state index >= 15 is 0 Å². The van der Waals surface area contributed by atoms with Crippen LogP contribution in [-0.2, 0) is 4.79 Å². The minimum atomic E-state index is -0.125. The predicted octanol–water partition coefficient (Wildman–Crippen LogP) is 3.69. The van der Waals surface area contributed by atoms with Gasteiger partial charge < -0.3 is 5.73 Å². The van der Waals surface area contributed by atoms with Gasteiger partial charge in [0, 0.05) is 17.2 Å². The van der Waals surface area contributed by atoms with Gasteiger partial charge in [0.15, 0.2) is 0 Å². The minimum Gasteiger partial charge on any atom is -0.369 e. The molecule has 0 aliphatic heterocycles. The predicted molar refractivity (Wildman–Crippen MR) is 77.5 cm³/mol. The number of nitrogens with two attached hydrogens (primary N) is 1. The molecule has 0 saturated heterocycles. The van der Waals surface area contributed by atoms with Crippen LogP contribution in [0.2, 0.25) is 0 Å². The lowest BCUT2D eigenvalue weighted by Gasteiger charge is -2.20. The van der Waals surface area contributed by atoms with Crippen LogP contribution in [0.15, 0.2) is 9.98 Å². The zero-order chi connectivity index (χ0) is 13.1. The Labute approximate surface area is 120 Å². The van der Waals surface area contributed by atoms with Crippen LogP contribution in [0.1, 0.15) is 50.0 Å². The highest BCUT2D eigenvalue weighted by Gasteiger charge is 2.27. The second-order valence-corrected chi connectivity index (χ2v) is 6.87. The molecule has 1 heterocycles. The van der Waals surface area contributed by atoms with Crippen molar-refractivity contribution in [3.8, 4) is 0 Å². The summed E-state index contributed by atoms with van der Waals surface area (Å²) < 4.78 is 0.929. The summed E-state index contributed by atoms with van der Waals surface area (Å²) in [6.45, 7) is 2.25. The lowest BCUT2D eigenvalue weighted by atomic mass is 9.87. The highest BCUT2D eigenvalue weighted by Crippen LogP contribution is 2.37. The lowest BCUT2D eigenvalue weighted by molar-refractivity contribution is -0.122. The van der Waals surface area contributed by atoms with Crippen molar-refractivity contribution >= 4 is 33.2 Å². The second kappa shape index (κ2) is 6.15. The molecule has 2 N–H and O–H groups in total. The van der Waals surface area contributed by atoms with Gasteiger partial charge in [0.2, 0.25) is 5.91 Å². The summed E-state index contributed by atoms with van der Waals surface area (Å²) in [4.78, 5) is 15.8. The van der Waals surface area contributed by atoms with Crippen LogP contribution in [0.4, 0.5) is 0 Å². The van der Waals surface area contributed by atoms with E-state index in [0.717, 1.165) is 30.3 Å². The van der Waals surface area contributed by atoms with Gasteiger partial charge in [-0.1, -0.05) is 13.3 Å². The van der Waals surface area contributed by atoms with Gasteiger partial charge in [-0.2, -0.15) is 0 Å². The largest absolute Gasteiger partial charge is 0.369 e. The molecule has 3 unspecified atom stereocenters. The van der Waals surface area contributed by atoms with E-state index in [-0.39, 0.29) is 11.8 Å². The average molecular weight is 331 g/mol. The van der Waals surface area contributed by atoms with E-state index in [4.69, 9.17) is 5.73 Å². The average Bonchev–Trinajstić information content (AvgIpc) is 2.63. The van der Waals surface area contributed by atoms with Gasteiger partial charge >= 0.3 is 0 Å². The molecule has 0 spiro atoms. The topological polar surface area (TPSA) is 56.0 Å². The van der Waals surface area contributed by atoms with Crippen molar-refractivity contribution in [2.75, 3.05) is 0 Å². The van der Waals surface area contributed by atoms with Gasteiger partial charge in [0.25, 0.3) is 0 Å². The number of carbonyl (C=O) groups is 1.